The molecule has 1 aromatic carbocycles. The molecule has 3 N–H and O–H groups in total. The number of hydrogen-bond donors (Lipinski definition) is 3. The van der Waals surface area contributed by atoms with Crippen molar-refractivity contribution >= 4 is 29.3 Å². The molecule has 1 saturated carbocycles. The molecule has 27 heavy (non-hydrogen) atoms. The number of carbonyl (C=O) groups is 1. The fourth-order valence-corrected chi connectivity index (χ4v) is 3.36. The maximum atomic E-state index is 12.4. The van der Waals surface area contributed by atoms with E-state index in [0.717, 1.165) is 31.5 Å². The lowest BCUT2D eigenvalue weighted by Crippen LogP contribution is -2.40. The third-order valence-corrected chi connectivity index (χ3v) is 4.93. The number of hydrogen-bond acceptors (Lipinski definition) is 6. The molecular weight excluding hydrogens is 366 g/mol. The van der Waals surface area contributed by atoms with Crippen LogP contribution in [0, 0.1) is 0 Å². The van der Waals surface area contributed by atoms with Crippen LogP contribution in [0.4, 0.5) is 11.8 Å². The van der Waals surface area contributed by atoms with E-state index < -0.39 is 0 Å². The minimum Gasteiger partial charge on any atom is -0.507 e. The molecule has 0 radical (unpaired) electrons. The van der Waals surface area contributed by atoms with E-state index in [1.54, 1.807) is 12.3 Å². The fourth-order valence-electron chi connectivity index (χ4n) is 3.19. The van der Waals surface area contributed by atoms with Gasteiger partial charge in [-0.2, -0.15) is 4.98 Å². The van der Waals surface area contributed by atoms with Crippen LogP contribution in [0.15, 0.2) is 30.5 Å². The van der Waals surface area contributed by atoms with Crippen LogP contribution in [0.25, 0.3) is 0 Å². The predicted molar refractivity (Wildman–Crippen MR) is 107 cm³/mol. The molecule has 0 aliphatic heterocycles. The predicted octanol–water partition coefficient (Wildman–Crippen LogP) is 3.05. The Hall–Kier alpha value is -2.54. The lowest BCUT2D eigenvalue weighted by Gasteiger charge is -2.29. The highest BCUT2D eigenvalue weighted by atomic mass is 35.5. The zero-order chi connectivity index (χ0) is 19.4. The summed E-state index contributed by atoms with van der Waals surface area (Å²) in [5, 5.41) is 16.6. The first-order chi connectivity index (χ1) is 12.9. The van der Waals surface area contributed by atoms with Gasteiger partial charge in [0.15, 0.2) is 0 Å². The number of benzene rings is 1. The van der Waals surface area contributed by atoms with E-state index in [9.17, 15) is 9.90 Å². The van der Waals surface area contributed by atoms with Crippen molar-refractivity contribution in [1.29, 1.82) is 0 Å². The summed E-state index contributed by atoms with van der Waals surface area (Å²) >= 11 is 5.92. The second kappa shape index (κ2) is 8.43. The van der Waals surface area contributed by atoms with Gasteiger partial charge in [0.1, 0.15) is 11.6 Å². The first-order valence-electron chi connectivity index (χ1n) is 8.98. The number of carbonyl (C=O) groups excluding carboxylic acids is 1. The molecule has 0 spiro atoms. The van der Waals surface area contributed by atoms with Crippen molar-refractivity contribution in [2.24, 2.45) is 0 Å². The van der Waals surface area contributed by atoms with Gasteiger partial charge in [-0.25, -0.2) is 4.98 Å². The van der Waals surface area contributed by atoms with Gasteiger partial charge in [-0.1, -0.05) is 11.6 Å². The molecule has 1 fully saturated rings. The molecule has 0 bridgehead atoms. The number of halogens is 1. The molecule has 0 atom stereocenters. The summed E-state index contributed by atoms with van der Waals surface area (Å²) in [5.41, 5.74) is 0.205. The standard InChI is InChI=1S/C19H24ClN5O2/c1-25(2)17-9-10-21-19(24-17)23-14-6-4-13(5-7-14)22-18(27)15-11-12(20)3-8-16(15)26/h3,8-11,13-14,26H,4-7H2,1-2H3,(H,22,27)(H,21,23,24)/t13-,14+. The molecule has 1 heterocycles. The maximum Gasteiger partial charge on any atom is 0.255 e. The van der Waals surface area contributed by atoms with Crippen molar-refractivity contribution in [3.8, 4) is 5.75 Å². The van der Waals surface area contributed by atoms with Gasteiger partial charge >= 0.3 is 0 Å². The number of phenols is 1. The average Bonchev–Trinajstić information content (AvgIpc) is 2.65. The Morgan fingerprint density at radius 1 is 1.19 bits per heavy atom. The number of anilines is 2. The van der Waals surface area contributed by atoms with Crippen molar-refractivity contribution in [2.75, 3.05) is 24.3 Å². The van der Waals surface area contributed by atoms with Gasteiger partial charge in [0.05, 0.1) is 5.56 Å². The molecule has 0 unspecified atom stereocenters. The fraction of sp³-hybridized carbons (Fsp3) is 0.421. The third-order valence-electron chi connectivity index (χ3n) is 4.70. The Balaban J connectivity index is 1.52. The molecule has 1 aliphatic rings. The third kappa shape index (κ3) is 5.01. The number of aromatic hydroxyl groups is 1. The van der Waals surface area contributed by atoms with E-state index in [1.807, 2.05) is 25.1 Å². The zero-order valence-electron chi connectivity index (χ0n) is 15.4. The number of phenolic OH excluding ortho intramolecular Hbond substituents is 1. The molecule has 1 aromatic heterocycles. The van der Waals surface area contributed by atoms with E-state index in [-0.39, 0.29) is 29.3 Å². The molecule has 0 saturated heterocycles. The van der Waals surface area contributed by atoms with Crippen LogP contribution in [-0.2, 0) is 0 Å². The summed E-state index contributed by atoms with van der Waals surface area (Å²) in [5.74, 6) is 1.12. The molecule has 7 nitrogen and oxygen atoms in total. The van der Waals surface area contributed by atoms with Crippen LogP contribution in [0.1, 0.15) is 36.0 Å². The van der Waals surface area contributed by atoms with Gasteiger partial charge < -0.3 is 20.6 Å². The average molecular weight is 390 g/mol. The lowest BCUT2D eigenvalue weighted by molar-refractivity contribution is 0.0924. The van der Waals surface area contributed by atoms with Gasteiger partial charge in [0.25, 0.3) is 5.91 Å². The van der Waals surface area contributed by atoms with Gasteiger partial charge in [-0.15, -0.1) is 0 Å². The van der Waals surface area contributed by atoms with Crippen LogP contribution in [0.5, 0.6) is 5.75 Å². The lowest BCUT2D eigenvalue weighted by atomic mass is 9.91. The van der Waals surface area contributed by atoms with E-state index >= 15 is 0 Å². The van der Waals surface area contributed by atoms with Crippen LogP contribution in [0.2, 0.25) is 5.02 Å². The Bertz CT molecular complexity index is 806. The maximum absolute atomic E-state index is 12.4. The van der Waals surface area contributed by atoms with Crippen LogP contribution < -0.4 is 15.5 Å². The van der Waals surface area contributed by atoms with E-state index in [4.69, 9.17) is 11.6 Å². The summed E-state index contributed by atoms with van der Waals surface area (Å²) in [4.78, 5) is 23.1. The SMILES string of the molecule is CN(C)c1ccnc(N[C@H]2CC[C@@H](NC(=O)c3cc(Cl)ccc3O)CC2)n1. The van der Waals surface area contributed by atoms with E-state index in [2.05, 4.69) is 20.6 Å². The van der Waals surface area contributed by atoms with E-state index in [0.29, 0.717) is 11.0 Å². The van der Waals surface area contributed by atoms with Crippen molar-refractivity contribution < 1.29 is 9.90 Å². The van der Waals surface area contributed by atoms with Crippen LogP contribution >= 0.6 is 11.6 Å². The monoisotopic (exact) mass is 389 g/mol. The number of aromatic nitrogens is 2. The highest BCUT2D eigenvalue weighted by Gasteiger charge is 2.24. The van der Waals surface area contributed by atoms with E-state index in [1.165, 1.54) is 12.1 Å². The number of rotatable bonds is 5. The van der Waals surface area contributed by atoms with Gasteiger partial charge in [0.2, 0.25) is 5.95 Å². The molecule has 144 valence electrons. The van der Waals surface area contributed by atoms with Crippen molar-refractivity contribution in [2.45, 2.75) is 37.8 Å². The Morgan fingerprint density at radius 2 is 1.89 bits per heavy atom. The summed E-state index contributed by atoms with van der Waals surface area (Å²) in [7, 11) is 3.88. The van der Waals surface area contributed by atoms with Gasteiger partial charge in [0, 0.05) is 37.4 Å². The molecule has 3 rings (SSSR count). The minimum atomic E-state index is -0.298. The molecule has 1 aliphatic carbocycles. The highest BCUT2D eigenvalue weighted by molar-refractivity contribution is 6.31. The molecular formula is C19H24ClN5O2. The zero-order valence-corrected chi connectivity index (χ0v) is 16.2. The number of nitrogens with one attached hydrogen (secondary N) is 2. The molecule has 1 amide bonds. The highest BCUT2D eigenvalue weighted by Crippen LogP contribution is 2.24. The Kier molecular flexibility index (Phi) is 6.01. The van der Waals surface area contributed by atoms with Crippen LogP contribution in [-0.4, -0.2) is 47.2 Å². The van der Waals surface area contributed by atoms with Gasteiger partial charge in [-0.3, -0.25) is 4.79 Å². The normalized spacial score (nSPS) is 19.4. The van der Waals surface area contributed by atoms with Gasteiger partial charge in [-0.05, 0) is 49.9 Å². The minimum absolute atomic E-state index is 0.0647. The summed E-state index contributed by atoms with van der Waals surface area (Å²) in [6, 6.07) is 6.67. The summed E-state index contributed by atoms with van der Waals surface area (Å²) in [6.45, 7) is 0. The Labute approximate surface area is 163 Å². The quantitative estimate of drug-likeness (QED) is 0.728. The van der Waals surface area contributed by atoms with Crippen molar-refractivity contribution in [3.05, 3.63) is 41.0 Å². The largest absolute Gasteiger partial charge is 0.507 e. The smallest absolute Gasteiger partial charge is 0.255 e. The Morgan fingerprint density at radius 3 is 2.59 bits per heavy atom. The second-order valence-corrected chi connectivity index (χ2v) is 7.40. The topological polar surface area (TPSA) is 90.4 Å². The second-order valence-electron chi connectivity index (χ2n) is 6.96. The first-order valence-corrected chi connectivity index (χ1v) is 9.36. The number of amides is 1. The summed E-state index contributed by atoms with van der Waals surface area (Å²) in [6.07, 6.45) is 5.24. The summed E-state index contributed by atoms with van der Waals surface area (Å²) < 4.78 is 0. The number of nitrogens with zero attached hydrogens (tertiary/aromatic N) is 3. The molecule has 2 aromatic rings. The molecule has 8 heteroatoms. The first kappa shape index (κ1) is 19.2. The van der Waals surface area contributed by atoms with Crippen LogP contribution in [0.3, 0.4) is 0 Å². The van der Waals surface area contributed by atoms with Crippen molar-refractivity contribution in [1.82, 2.24) is 15.3 Å². The van der Waals surface area contributed by atoms with Crippen molar-refractivity contribution in [3.63, 3.8) is 0 Å².